The molecule has 0 amide bonds. The van der Waals surface area contributed by atoms with Crippen LogP contribution in [0.2, 0.25) is 0 Å². The average Bonchev–Trinajstić information content (AvgIpc) is 2.46. The summed E-state index contributed by atoms with van der Waals surface area (Å²) in [4.78, 5) is 2.37. The van der Waals surface area contributed by atoms with Crippen LogP contribution in [0.25, 0.3) is 0 Å². The predicted octanol–water partition coefficient (Wildman–Crippen LogP) is 3.59. The third-order valence-corrected chi connectivity index (χ3v) is 4.21. The second-order valence-corrected chi connectivity index (χ2v) is 5.70. The summed E-state index contributed by atoms with van der Waals surface area (Å²) in [5, 5.41) is 9.72. The Hall–Kier alpha value is -1.32. The molecular weight excluding hydrogens is 326 g/mol. The van der Waals surface area contributed by atoms with Gasteiger partial charge in [-0.05, 0) is 60.7 Å². The fourth-order valence-corrected chi connectivity index (χ4v) is 2.93. The molecule has 2 aromatic rings. The summed E-state index contributed by atoms with van der Waals surface area (Å²) in [6.07, 6.45) is 3.08. The van der Waals surface area contributed by atoms with Crippen LogP contribution >= 0.6 is 17.0 Å². The molecule has 1 heterocycles. The normalized spacial score (nSPS) is 15.5. The molecule has 2 aromatic carbocycles. The molecule has 3 rings (SSSR count). The van der Waals surface area contributed by atoms with Crippen molar-refractivity contribution < 1.29 is 5.11 Å². The highest BCUT2D eigenvalue weighted by molar-refractivity contribution is 8.93. The molecule has 112 valence electrons. The Balaban J connectivity index is 0.00000161. The van der Waals surface area contributed by atoms with Crippen LogP contribution in [0.5, 0.6) is 5.75 Å². The van der Waals surface area contributed by atoms with Crippen molar-refractivity contribution in [3.8, 4) is 5.75 Å². The number of aromatic hydroxyl groups is 1. The maximum atomic E-state index is 9.72. The Labute approximate surface area is 137 Å². The minimum absolute atomic E-state index is 0. The molecule has 0 fully saturated rings. The van der Waals surface area contributed by atoms with Gasteiger partial charge in [0, 0.05) is 13.1 Å². The number of phenolic OH excluding ortho intramolecular Hbond substituents is 1. The van der Waals surface area contributed by atoms with Gasteiger partial charge >= 0.3 is 0 Å². The highest BCUT2D eigenvalue weighted by Crippen LogP contribution is 2.23. The van der Waals surface area contributed by atoms with Crippen molar-refractivity contribution >= 4 is 17.0 Å². The second-order valence-electron chi connectivity index (χ2n) is 5.70. The van der Waals surface area contributed by atoms with Crippen molar-refractivity contribution in [2.75, 3.05) is 20.1 Å². The van der Waals surface area contributed by atoms with E-state index in [4.69, 9.17) is 0 Å². The highest BCUT2D eigenvalue weighted by atomic mass is 79.9. The summed E-state index contributed by atoms with van der Waals surface area (Å²) in [6, 6.07) is 14.5. The Morgan fingerprint density at radius 2 is 1.48 bits per heavy atom. The largest absolute Gasteiger partial charge is 0.508 e. The van der Waals surface area contributed by atoms with Gasteiger partial charge in [-0.3, -0.25) is 0 Å². The quantitative estimate of drug-likeness (QED) is 0.787. The number of halogens is 1. The van der Waals surface area contributed by atoms with Gasteiger partial charge in [0.2, 0.25) is 0 Å². The van der Waals surface area contributed by atoms with Crippen LogP contribution in [0.4, 0.5) is 0 Å². The molecule has 0 aromatic heterocycles. The molecule has 2 nitrogen and oxygen atoms in total. The topological polar surface area (TPSA) is 23.5 Å². The van der Waals surface area contributed by atoms with E-state index < -0.39 is 0 Å². The minimum Gasteiger partial charge on any atom is -0.508 e. The third-order valence-electron chi connectivity index (χ3n) is 4.21. The van der Waals surface area contributed by atoms with Crippen molar-refractivity contribution in [1.29, 1.82) is 0 Å². The molecule has 3 heteroatoms. The summed E-state index contributed by atoms with van der Waals surface area (Å²) in [5.74, 6) is 0.372. The second kappa shape index (κ2) is 7.10. The lowest BCUT2D eigenvalue weighted by atomic mass is 9.93. The van der Waals surface area contributed by atoms with Crippen LogP contribution in [0.1, 0.15) is 22.3 Å². The van der Waals surface area contributed by atoms with Gasteiger partial charge in [-0.1, -0.05) is 30.3 Å². The van der Waals surface area contributed by atoms with Gasteiger partial charge in [0.15, 0.2) is 0 Å². The molecule has 1 aliphatic heterocycles. The fourth-order valence-electron chi connectivity index (χ4n) is 2.93. The first-order valence-corrected chi connectivity index (χ1v) is 7.28. The average molecular weight is 348 g/mol. The first-order valence-electron chi connectivity index (χ1n) is 7.28. The summed E-state index contributed by atoms with van der Waals surface area (Å²) < 4.78 is 0. The SMILES string of the molecule is Br.CN1CCc2ccccc2Cc2ccc(O)cc2CC1. The standard InChI is InChI=1S/C18H21NO.BrH/c1-19-10-8-14-4-2-3-5-15(14)12-16-6-7-18(20)13-17(16)9-11-19;/h2-7,13,20H,8-12H2,1H3;1H. The van der Waals surface area contributed by atoms with E-state index in [0.29, 0.717) is 5.75 Å². The van der Waals surface area contributed by atoms with Crippen molar-refractivity contribution in [3.63, 3.8) is 0 Å². The predicted molar refractivity (Wildman–Crippen MR) is 92.6 cm³/mol. The lowest BCUT2D eigenvalue weighted by molar-refractivity contribution is 0.341. The Kier molecular flexibility index (Phi) is 5.43. The summed E-state index contributed by atoms with van der Waals surface area (Å²) in [7, 11) is 2.17. The van der Waals surface area contributed by atoms with Gasteiger partial charge < -0.3 is 10.0 Å². The van der Waals surface area contributed by atoms with E-state index in [-0.39, 0.29) is 17.0 Å². The van der Waals surface area contributed by atoms with Crippen LogP contribution in [-0.4, -0.2) is 30.1 Å². The zero-order valence-corrected chi connectivity index (χ0v) is 14.1. The number of fused-ring (bicyclic) bond motifs is 2. The lowest BCUT2D eigenvalue weighted by Gasteiger charge is -2.21. The van der Waals surface area contributed by atoms with Crippen molar-refractivity contribution in [2.24, 2.45) is 0 Å². The van der Waals surface area contributed by atoms with Gasteiger partial charge in [0.05, 0.1) is 0 Å². The van der Waals surface area contributed by atoms with Crippen LogP contribution in [-0.2, 0) is 19.3 Å². The van der Waals surface area contributed by atoms with E-state index in [1.54, 1.807) is 6.07 Å². The number of hydrogen-bond donors (Lipinski definition) is 1. The molecular formula is C18H22BrNO. The summed E-state index contributed by atoms with van der Waals surface area (Å²) >= 11 is 0. The van der Waals surface area contributed by atoms with E-state index >= 15 is 0 Å². The van der Waals surface area contributed by atoms with Crippen LogP contribution in [0, 0.1) is 0 Å². The minimum atomic E-state index is 0. The smallest absolute Gasteiger partial charge is 0.115 e. The van der Waals surface area contributed by atoms with Gasteiger partial charge in [0.25, 0.3) is 0 Å². The van der Waals surface area contributed by atoms with E-state index in [9.17, 15) is 5.11 Å². The summed E-state index contributed by atoms with van der Waals surface area (Å²) in [6.45, 7) is 2.13. The van der Waals surface area contributed by atoms with E-state index in [1.165, 1.54) is 22.3 Å². The van der Waals surface area contributed by atoms with Crippen molar-refractivity contribution in [3.05, 3.63) is 64.7 Å². The monoisotopic (exact) mass is 347 g/mol. The van der Waals surface area contributed by atoms with Gasteiger partial charge in [-0.15, -0.1) is 17.0 Å². The molecule has 0 saturated heterocycles. The highest BCUT2D eigenvalue weighted by Gasteiger charge is 2.12. The molecule has 21 heavy (non-hydrogen) atoms. The molecule has 0 aliphatic carbocycles. The van der Waals surface area contributed by atoms with Crippen LogP contribution in [0.15, 0.2) is 42.5 Å². The van der Waals surface area contributed by atoms with Gasteiger partial charge in [-0.25, -0.2) is 0 Å². The number of phenols is 1. The first-order chi connectivity index (χ1) is 9.72. The van der Waals surface area contributed by atoms with Gasteiger partial charge in [0.1, 0.15) is 5.75 Å². The summed E-state index contributed by atoms with van der Waals surface area (Å²) in [5.41, 5.74) is 5.47. The maximum Gasteiger partial charge on any atom is 0.115 e. The van der Waals surface area contributed by atoms with Gasteiger partial charge in [-0.2, -0.15) is 0 Å². The maximum absolute atomic E-state index is 9.72. The molecule has 0 unspecified atom stereocenters. The number of likely N-dealkylation sites (N-methyl/N-ethyl adjacent to an activating group) is 1. The third kappa shape index (κ3) is 3.86. The Morgan fingerprint density at radius 1 is 0.857 bits per heavy atom. The number of benzene rings is 2. The molecule has 1 N–H and O–H groups in total. The molecule has 0 atom stereocenters. The zero-order valence-electron chi connectivity index (χ0n) is 12.4. The number of hydrogen-bond acceptors (Lipinski definition) is 2. The molecule has 0 radical (unpaired) electrons. The number of rotatable bonds is 0. The zero-order chi connectivity index (χ0) is 13.9. The molecule has 0 bridgehead atoms. The number of nitrogens with zero attached hydrogens (tertiary/aromatic N) is 1. The van der Waals surface area contributed by atoms with Crippen molar-refractivity contribution in [1.82, 2.24) is 4.90 Å². The van der Waals surface area contributed by atoms with Crippen LogP contribution < -0.4 is 0 Å². The fraction of sp³-hybridized carbons (Fsp3) is 0.333. The Bertz CT molecular complexity index is 612. The Morgan fingerprint density at radius 3 is 2.24 bits per heavy atom. The van der Waals surface area contributed by atoms with Crippen LogP contribution in [0.3, 0.4) is 0 Å². The lowest BCUT2D eigenvalue weighted by Crippen LogP contribution is -2.25. The molecule has 0 saturated carbocycles. The van der Waals surface area contributed by atoms with Crippen molar-refractivity contribution in [2.45, 2.75) is 19.3 Å². The van der Waals surface area contributed by atoms with E-state index in [2.05, 4.69) is 42.3 Å². The van der Waals surface area contributed by atoms with E-state index in [1.807, 2.05) is 6.07 Å². The molecule has 1 aliphatic rings. The van der Waals surface area contributed by atoms with E-state index in [0.717, 1.165) is 32.4 Å². The molecule has 0 spiro atoms. The first kappa shape index (κ1) is 16.1.